The van der Waals surface area contributed by atoms with Gasteiger partial charge in [0.15, 0.2) is 0 Å². The van der Waals surface area contributed by atoms with Gasteiger partial charge in [-0.05, 0) is 32.4 Å². The van der Waals surface area contributed by atoms with Crippen LogP contribution in [-0.4, -0.2) is 22.9 Å². The Hall–Kier alpha value is -0.830. The maximum atomic E-state index is 4.22. The van der Waals surface area contributed by atoms with Crippen LogP contribution in [-0.2, 0) is 13.5 Å². The molecule has 1 rings (SSSR count). The molecule has 0 aromatic carbocycles. The minimum Gasteiger partial charge on any atom is -0.317 e. The molecule has 110 valence electrons. The van der Waals surface area contributed by atoms with Gasteiger partial charge in [-0.2, -0.15) is 5.10 Å². The van der Waals surface area contributed by atoms with Gasteiger partial charge in [0.25, 0.3) is 0 Å². The highest BCUT2D eigenvalue weighted by atomic mass is 15.2. The van der Waals surface area contributed by atoms with Crippen molar-refractivity contribution < 1.29 is 0 Å². The summed E-state index contributed by atoms with van der Waals surface area (Å²) in [5.41, 5.74) is 1.34. The molecule has 0 aliphatic rings. The summed E-state index contributed by atoms with van der Waals surface area (Å²) in [7, 11) is 4.11. The van der Waals surface area contributed by atoms with Crippen LogP contribution >= 0.6 is 0 Å². The van der Waals surface area contributed by atoms with Gasteiger partial charge in [0.2, 0.25) is 0 Å². The van der Waals surface area contributed by atoms with Crippen molar-refractivity contribution in [3.63, 3.8) is 0 Å². The van der Waals surface area contributed by atoms with Crippen molar-refractivity contribution in [2.24, 2.45) is 7.05 Å². The lowest BCUT2D eigenvalue weighted by molar-refractivity contribution is 0.453. The summed E-state index contributed by atoms with van der Waals surface area (Å²) in [6.07, 6.45) is 13.8. The second kappa shape index (κ2) is 10.0. The molecule has 1 heterocycles. The molecule has 1 N–H and O–H groups in total. The standard InChI is InChI=1S/C16H31N3/c1-4-5-6-7-8-9-10-15(17-2)11-12-16-13-14-18-19(16)3/h13-15,17H,4-12H2,1-3H3. The number of unbranched alkanes of at least 4 members (excludes halogenated alkanes) is 5. The Balaban J connectivity index is 2.10. The number of aromatic nitrogens is 2. The van der Waals surface area contributed by atoms with Crippen molar-refractivity contribution in [1.82, 2.24) is 15.1 Å². The van der Waals surface area contributed by atoms with Crippen LogP contribution in [0.2, 0.25) is 0 Å². The van der Waals surface area contributed by atoms with E-state index in [2.05, 4.69) is 30.5 Å². The molecule has 0 fully saturated rings. The van der Waals surface area contributed by atoms with E-state index in [0.717, 1.165) is 6.42 Å². The van der Waals surface area contributed by atoms with E-state index >= 15 is 0 Å². The van der Waals surface area contributed by atoms with Gasteiger partial charge in [0.1, 0.15) is 0 Å². The van der Waals surface area contributed by atoms with Crippen LogP contribution in [0, 0.1) is 0 Å². The van der Waals surface area contributed by atoms with Gasteiger partial charge in [0.05, 0.1) is 0 Å². The molecular formula is C16H31N3. The van der Waals surface area contributed by atoms with Gasteiger partial charge < -0.3 is 5.32 Å². The smallest absolute Gasteiger partial charge is 0.0492 e. The molecule has 1 unspecified atom stereocenters. The Morgan fingerprint density at radius 3 is 2.53 bits per heavy atom. The third-order valence-electron chi connectivity index (χ3n) is 3.99. The monoisotopic (exact) mass is 265 g/mol. The van der Waals surface area contributed by atoms with Gasteiger partial charge in [-0.25, -0.2) is 0 Å². The molecule has 0 amide bonds. The molecule has 1 aromatic rings. The molecule has 0 saturated heterocycles. The Bertz CT molecular complexity index is 320. The van der Waals surface area contributed by atoms with Crippen LogP contribution in [0.5, 0.6) is 0 Å². The summed E-state index contributed by atoms with van der Waals surface area (Å²) in [6, 6.07) is 2.78. The van der Waals surface area contributed by atoms with Crippen molar-refractivity contribution in [1.29, 1.82) is 0 Å². The Morgan fingerprint density at radius 1 is 1.16 bits per heavy atom. The lowest BCUT2D eigenvalue weighted by Crippen LogP contribution is -2.26. The largest absolute Gasteiger partial charge is 0.317 e. The molecule has 0 aliphatic heterocycles. The van der Waals surface area contributed by atoms with E-state index < -0.39 is 0 Å². The van der Waals surface area contributed by atoms with E-state index in [1.165, 1.54) is 57.1 Å². The van der Waals surface area contributed by atoms with Crippen molar-refractivity contribution in [2.45, 2.75) is 70.8 Å². The topological polar surface area (TPSA) is 29.9 Å². The van der Waals surface area contributed by atoms with Crippen LogP contribution in [0.4, 0.5) is 0 Å². The lowest BCUT2D eigenvalue weighted by Gasteiger charge is -2.16. The first kappa shape index (κ1) is 16.2. The van der Waals surface area contributed by atoms with Gasteiger partial charge in [-0.3, -0.25) is 4.68 Å². The molecule has 3 nitrogen and oxygen atoms in total. The first-order valence-electron chi connectivity index (χ1n) is 7.92. The van der Waals surface area contributed by atoms with E-state index in [0.29, 0.717) is 6.04 Å². The third-order valence-corrected chi connectivity index (χ3v) is 3.99. The number of rotatable bonds is 11. The third kappa shape index (κ3) is 6.76. The van der Waals surface area contributed by atoms with Crippen molar-refractivity contribution >= 4 is 0 Å². The molecule has 0 bridgehead atoms. The SMILES string of the molecule is CCCCCCCCC(CCc1ccnn1C)NC. The zero-order valence-corrected chi connectivity index (χ0v) is 13.0. The first-order valence-corrected chi connectivity index (χ1v) is 7.92. The molecular weight excluding hydrogens is 234 g/mol. The summed E-state index contributed by atoms with van der Waals surface area (Å²) in [5, 5.41) is 7.68. The number of hydrogen-bond donors (Lipinski definition) is 1. The maximum absolute atomic E-state index is 4.22. The molecule has 1 aromatic heterocycles. The highest BCUT2D eigenvalue weighted by Gasteiger charge is 2.07. The highest BCUT2D eigenvalue weighted by Crippen LogP contribution is 2.12. The van der Waals surface area contributed by atoms with E-state index in [4.69, 9.17) is 0 Å². The molecule has 1 atom stereocenters. The minimum absolute atomic E-state index is 0.654. The van der Waals surface area contributed by atoms with Crippen LogP contribution in [0.15, 0.2) is 12.3 Å². The Kier molecular flexibility index (Phi) is 8.55. The molecule has 0 aliphatic carbocycles. The predicted molar refractivity (Wildman–Crippen MR) is 82.4 cm³/mol. The highest BCUT2D eigenvalue weighted by molar-refractivity contribution is 5.00. The van der Waals surface area contributed by atoms with Crippen molar-refractivity contribution in [2.75, 3.05) is 7.05 Å². The summed E-state index contributed by atoms with van der Waals surface area (Å²) in [6.45, 7) is 2.27. The second-order valence-electron chi connectivity index (χ2n) is 5.53. The summed E-state index contributed by atoms with van der Waals surface area (Å²) in [4.78, 5) is 0. The number of nitrogens with zero attached hydrogens (tertiary/aromatic N) is 2. The van der Waals surface area contributed by atoms with Crippen LogP contribution in [0.1, 0.15) is 64.0 Å². The lowest BCUT2D eigenvalue weighted by atomic mass is 10.0. The van der Waals surface area contributed by atoms with Gasteiger partial charge >= 0.3 is 0 Å². The van der Waals surface area contributed by atoms with Gasteiger partial charge in [0, 0.05) is 25.0 Å². The average Bonchev–Trinajstić information content (AvgIpc) is 2.83. The Morgan fingerprint density at radius 2 is 1.89 bits per heavy atom. The van der Waals surface area contributed by atoms with E-state index in [-0.39, 0.29) is 0 Å². The van der Waals surface area contributed by atoms with Crippen molar-refractivity contribution in [3.8, 4) is 0 Å². The predicted octanol–water partition coefficient (Wildman–Crippen LogP) is 3.69. The van der Waals surface area contributed by atoms with Crippen LogP contribution < -0.4 is 5.32 Å². The first-order chi connectivity index (χ1) is 9.27. The summed E-state index contributed by atoms with van der Waals surface area (Å²) < 4.78 is 1.98. The fourth-order valence-electron chi connectivity index (χ4n) is 2.57. The summed E-state index contributed by atoms with van der Waals surface area (Å²) >= 11 is 0. The second-order valence-corrected chi connectivity index (χ2v) is 5.53. The Labute approximate surface area is 118 Å². The zero-order chi connectivity index (χ0) is 13.9. The van der Waals surface area contributed by atoms with E-state index in [1.807, 2.05) is 17.9 Å². The molecule has 0 spiro atoms. The van der Waals surface area contributed by atoms with E-state index in [1.54, 1.807) is 0 Å². The maximum Gasteiger partial charge on any atom is 0.0492 e. The normalized spacial score (nSPS) is 12.8. The summed E-state index contributed by atoms with van der Waals surface area (Å²) in [5.74, 6) is 0. The zero-order valence-electron chi connectivity index (χ0n) is 13.0. The minimum atomic E-state index is 0.654. The number of nitrogens with one attached hydrogen (secondary N) is 1. The molecule has 0 radical (unpaired) electrons. The van der Waals surface area contributed by atoms with Crippen LogP contribution in [0.25, 0.3) is 0 Å². The van der Waals surface area contributed by atoms with E-state index in [9.17, 15) is 0 Å². The number of aryl methyl sites for hydroxylation is 2. The number of hydrogen-bond acceptors (Lipinski definition) is 2. The van der Waals surface area contributed by atoms with Crippen molar-refractivity contribution in [3.05, 3.63) is 18.0 Å². The quantitative estimate of drug-likeness (QED) is 0.618. The average molecular weight is 265 g/mol. The molecule has 19 heavy (non-hydrogen) atoms. The van der Waals surface area contributed by atoms with Crippen LogP contribution in [0.3, 0.4) is 0 Å². The fraction of sp³-hybridized carbons (Fsp3) is 0.812. The van der Waals surface area contributed by atoms with Gasteiger partial charge in [-0.1, -0.05) is 45.4 Å². The molecule has 3 heteroatoms. The molecule has 0 saturated carbocycles. The van der Waals surface area contributed by atoms with Gasteiger partial charge in [-0.15, -0.1) is 0 Å². The fourth-order valence-corrected chi connectivity index (χ4v) is 2.57.